The molecule has 0 aliphatic heterocycles. The zero-order valence-corrected chi connectivity index (χ0v) is 11.0. The lowest BCUT2D eigenvalue weighted by atomic mass is 9.91. The van der Waals surface area contributed by atoms with E-state index in [-0.39, 0.29) is 0 Å². The second-order valence-corrected chi connectivity index (χ2v) is 4.34. The monoisotopic (exact) mass is 408 g/mol. The van der Waals surface area contributed by atoms with Crippen LogP contribution in [0.25, 0.3) is 0 Å². The summed E-state index contributed by atoms with van der Waals surface area (Å²) < 4.78 is 189. The molecule has 0 unspecified atom stereocenters. The van der Waals surface area contributed by atoms with Gasteiger partial charge in [-0.1, -0.05) is 6.58 Å². The van der Waals surface area contributed by atoms with Crippen LogP contribution in [0.2, 0.25) is 0 Å². The van der Waals surface area contributed by atoms with Gasteiger partial charge in [-0.05, 0) is 0 Å². The molecule has 0 aromatic heterocycles. The summed E-state index contributed by atoms with van der Waals surface area (Å²) in [7, 11) is 0. The highest BCUT2D eigenvalue weighted by Gasteiger charge is 2.93. The molecular formula is C10H3F15. The van der Waals surface area contributed by atoms with E-state index in [9.17, 15) is 65.9 Å². The largest absolute Gasteiger partial charge is 0.460 e. The van der Waals surface area contributed by atoms with Gasteiger partial charge in [0.15, 0.2) is 0 Å². The van der Waals surface area contributed by atoms with Crippen LogP contribution in [-0.2, 0) is 0 Å². The minimum Gasteiger partial charge on any atom is -0.194 e. The van der Waals surface area contributed by atoms with Crippen LogP contribution in [0.5, 0.6) is 0 Å². The second-order valence-electron chi connectivity index (χ2n) is 4.34. The van der Waals surface area contributed by atoms with Crippen LogP contribution in [0.4, 0.5) is 65.9 Å². The summed E-state index contributed by atoms with van der Waals surface area (Å²) in [6.07, 6.45) is -8.99. The van der Waals surface area contributed by atoms with E-state index in [2.05, 4.69) is 6.58 Å². The van der Waals surface area contributed by atoms with Gasteiger partial charge in [0, 0.05) is 6.08 Å². The molecule has 0 aliphatic carbocycles. The number of hydrogen-bond acceptors (Lipinski definition) is 0. The number of halogens is 15. The molecule has 0 aromatic carbocycles. The highest BCUT2D eigenvalue weighted by atomic mass is 19.4. The third kappa shape index (κ3) is 2.95. The van der Waals surface area contributed by atoms with Crippen LogP contribution in [-0.4, -0.2) is 41.7 Å². The van der Waals surface area contributed by atoms with Crippen molar-refractivity contribution >= 4 is 0 Å². The highest BCUT2D eigenvalue weighted by Crippen LogP contribution is 2.62. The molecule has 15 heteroatoms. The van der Waals surface area contributed by atoms with E-state index >= 15 is 0 Å². The van der Waals surface area contributed by atoms with E-state index in [1.54, 1.807) is 0 Å². The van der Waals surface area contributed by atoms with Crippen LogP contribution < -0.4 is 0 Å². The van der Waals surface area contributed by atoms with Crippen molar-refractivity contribution in [2.45, 2.75) is 41.7 Å². The first-order chi connectivity index (χ1) is 10.6. The van der Waals surface area contributed by atoms with Gasteiger partial charge in [0.1, 0.15) is 0 Å². The van der Waals surface area contributed by atoms with E-state index in [0.717, 1.165) is 5.73 Å². The molecule has 0 nitrogen and oxygen atoms in total. The molecular weight excluding hydrogens is 405 g/mol. The van der Waals surface area contributed by atoms with Crippen molar-refractivity contribution in [1.82, 2.24) is 0 Å². The maximum atomic E-state index is 13.0. The number of rotatable bonds is 6. The Morgan fingerprint density at radius 2 is 0.760 bits per heavy atom. The molecule has 0 saturated heterocycles. The number of allylic oxidation sites excluding steroid dienone is 1. The first-order valence-corrected chi connectivity index (χ1v) is 5.27. The molecule has 0 rings (SSSR count). The van der Waals surface area contributed by atoms with Crippen LogP contribution in [0, 0.1) is 0 Å². The summed E-state index contributed by atoms with van der Waals surface area (Å²) in [4.78, 5) is 0. The Morgan fingerprint density at radius 3 is 1.04 bits per heavy atom. The molecule has 148 valence electrons. The molecule has 0 heterocycles. The van der Waals surface area contributed by atoms with Gasteiger partial charge in [0.25, 0.3) is 0 Å². The van der Waals surface area contributed by atoms with Crippen molar-refractivity contribution in [3.63, 3.8) is 0 Å². The molecule has 0 bridgehead atoms. The van der Waals surface area contributed by atoms with Gasteiger partial charge in [0.2, 0.25) is 0 Å². The minimum atomic E-state index is -8.26. The van der Waals surface area contributed by atoms with E-state index < -0.39 is 47.8 Å². The van der Waals surface area contributed by atoms with Crippen LogP contribution >= 0.6 is 0 Å². The fourth-order valence-electron chi connectivity index (χ4n) is 1.20. The molecule has 0 amide bonds. The highest BCUT2D eigenvalue weighted by molar-refractivity contribution is 5.16. The van der Waals surface area contributed by atoms with E-state index in [0.29, 0.717) is 0 Å². The Labute approximate surface area is 127 Å². The fourth-order valence-corrected chi connectivity index (χ4v) is 1.20. The van der Waals surface area contributed by atoms with Gasteiger partial charge in [-0.25, -0.2) is 0 Å². The van der Waals surface area contributed by atoms with Gasteiger partial charge in [-0.15, -0.1) is 5.73 Å². The van der Waals surface area contributed by atoms with Gasteiger partial charge >= 0.3 is 41.7 Å². The van der Waals surface area contributed by atoms with Crippen molar-refractivity contribution in [3.8, 4) is 0 Å². The average molecular weight is 408 g/mol. The lowest BCUT2D eigenvalue weighted by molar-refractivity contribution is -0.449. The van der Waals surface area contributed by atoms with E-state index in [1.807, 2.05) is 0 Å². The number of hydrogen-bond donors (Lipinski definition) is 0. The van der Waals surface area contributed by atoms with Crippen molar-refractivity contribution in [2.75, 3.05) is 0 Å². The summed E-state index contributed by atoms with van der Waals surface area (Å²) in [6.45, 7) is 2.18. The van der Waals surface area contributed by atoms with Crippen LogP contribution in [0.3, 0.4) is 0 Å². The lowest BCUT2D eigenvalue weighted by Gasteiger charge is -2.40. The lowest BCUT2D eigenvalue weighted by Crippen LogP contribution is -2.72. The summed E-state index contributed by atoms with van der Waals surface area (Å²) in [5.41, 5.74) is 0.732. The topological polar surface area (TPSA) is 0 Å². The SMILES string of the molecule is C=C=CC(F)(F)C(F)(F)C(F)(F)C(F)(F)C(F)(F)C(F)(F)C(F)(F)F. The normalized spacial score (nSPS) is 15.8. The summed E-state index contributed by atoms with van der Waals surface area (Å²) in [5.74, 6) is -46.5. The summed E-state index contributed by atoms with van der Waals surface area (Å²) >= 11 is 0. The molecule has 0 aliphatic rings. The van der Waals surface area contributed by atoms with Gasteiger partial charge in [-0.3, -0.25) is 0 Å². The van der Waals surface area contributed by atoms with Gasteiger partial charge in [0.05, 0.1) is 0 Å². The predicted octanol–water partition coefficient (Wildman–Crippen LogP) is 5.70. The zero-order chi connectivity index (χ0) is 20.9. The third-order valence-electron chi connectivity index (χ3n) is 2.64. The molecule has 0 spiro atoms. The Balaban J connectivity index is 6.54. The Kier molecular flexibility index (Phi) is 5.39. The summed E-state index contributed by atoms with van der Waals surface area (Å²) in [5, 5.41) is 0. The van der Waals surface area contributed by atoms with E-state index in [1.165, 1.54) is 0 Å². The molecule has 0 aromatic rings. The van der Waals surface area contributed by atoms with Gasteiger partial charge < -0.3 is 0 Å². The Morgan fingerprint density at radius 1 is 0.480 bits per heavy atom. The smallest absolute Gasteiger partial charge is 0.194 e. The van der Waals surface area contributed by atoms with Gasteiger partial charge in [-0.2, -0.15) is 65.9 Å². The minimum absolute atomic E-state index is 0.732. The van der Waals surface area contributed by atoms with Crippen LogP contribution in [0.15, 0.2) is 18.4 Å². The standard InChI is InChI=1S/C10H3F15/c1-2-3-4(11,12)5(13,14)6(15,16)7(17,18)8(19,20)9(21,22)10(23,24)25/h3H,1H2. The third-order valence-corrected chi connectivity index (χ3v) is 2.64. The molecule has 0 N–H and O–H groups in total. The predicted molar refractivity (Wildman–Crippen MR) is 49.4 cm³/mol. The maximum Gasteiger partial charge on any atom is 0.460 e. The maximum absolute atomic E-state index is 13.0. The quantitative estimate of drug-likeness (QED) is 0.391. The fraction of sp³-hybridized carbons (Fsp3) is 0.700. The number of alkyl halides is 15. The average Bonchev–Trinajstić information content (AvgIpc) is 2.35. The van der Waals surface area contributed by atoms with Crippen LogP contribution in [0.1, 0.15) is 0 Å². The summed E-state index contributed by atoms with van der Waals surface area (Å²) in [6, 6.07) is 0. The van der Waals surface area contributed by atoms with Crippen molar-refractivity contribution < 1.29 is 65.9 Å². The molecule has 0 fully saturated rings. The van der Waals surface area contributed by atoms with Crippen molar-refractivity contribution in [3.05, 3.63) is 18.4 Å². The first kappa shape index (κ1) is 23.5. The van der Waals surface area contributed by atoms with E-state index in [4.69, 9.17) is 0 Å². The zero-order valence-electron chi connectivity index (χ0n) is 11.0. The Hall–Kier alpha value is -1.53. The Bertz CT molecular complexity index is 545. The molecule has 0 saturated carbocycles. The molecule has 0 atom stereocenters. The van der Waals surface area contributed by atoms with Crippen molar-refractivity contribution in [1.29, 1.82) is 0 Å². The molecule has 25 heavy (non-hydrogen) atoms. The second kappa shape index (κ2) is 5.74. The van der Waals surface area contributed by atoms with Crippen molar-refractivity contribution in [2.24, 2.45) is 0 Å². The molecule has 0 radical (unpaired) electrons. The first-order valence-electron chi connectivity index (χ1n) is 5.27.